The van der Waals surface area contributed by atoms with Gasteiger partial charge in [-0.15, -0.1) is 0 Å². The summed E-state index contributed by atoms with van der Waals surface area (Å²) in [5.41, 5.74) is 8.46. The Balaban J connectivity index is 1.23. The number of H-pyrrole nitrogens is 1. The minimum Gasteiger partial charge on any atom is -0.504 e. The van der Waals surface area contributed by atoms with Crippen LogP contribution in [0.1, 0.15) is 97.7 Å². The highest BCUT2D eigenvalue weighted by Crippen LogP contribution is 2.54. The van der Waals surface area contributed by atoms with Gasteiger partial charge in [-0.3, -0.25) is 9.59 Å². The smallest absolute Gasteiger partial charge is 0.302 e. The number of phenolic OH excluding ortho intramolecular Hbond substituents is 2. The highest BCUT2D eigenvalue weighted by atomic mass is 16.5. The topological polar surface area (TPSA) is 138 Å². The Bertz CT molecular complexity index is 1990. The number of aliphatic hydroxyl groups is 1. The van der Waals surface area contributed by atoms with Crippen LogP contribution < -0.4 is 9.47 Å². The molecular formula is C43H49NO8. The molecule has 3 aliphatic rings. The van der Waals surface area contributed by atoms with E-state index in [9.17, 15) is 19.8 Å². The first-order valence-corrected chi connectivity index (χ1v) is 18.7. The molecule has 1 aromatic heterocycles. The second-order valence-electron chi connectivity index (χ2n) is 14.6. The maximum Gasteiger partial charge on any atom is 0.302 e. The molecule has 1 fully saturated rings. The van der Waals surface area contributed by atoms with Gasteiger partial charge in [-0.05, 0) is 109 Å². The van der Waals surface area contributed by atoms with Crippen LogP contribution in [0.5, 0.6) is 23.0 Å². The van der Waals surface area contributed by atoms with E-state index in [-0.39, 0.29) is 60.4 Å². The molecule has 4 N–H and O–H groups in total. The quantitative estimate of drug-likeness (QED) is 0.110. The summed E-state index contributed by atoms with van der Waals surface area (Å²) in [5, 5.41) is 32.2. The van der Waals surface area contributed by atoms with Gasteiger partial charge in [0.25, 0.3) is 0 Å². The summed E-state index contributed by atoms with van der Waals surface area (Å²) in [4.78, 5) is 30.3. The largest absolute Gasteiger partial charge is 0.504 e. The fraction of sp³-hybridized carbons (Fsp3) is 0.442. The van der Waals surface area contributed by atoms with Crippen molar-refractivity contribution in [2.45, 2.75) is 89.6 Å². The van der Waals surface area contributed by atoms with Gasteiger partial charge in [-0.2, -0.15) is 0 Å². The third-order valence-electron chi connectivity index (χ3n) is 11.4. The zero-order valence-electron chi connectivity index (χ0n) is 30.1. The van der Waals surface area contributed by atoms with E-state index in [2.05, 4.69) is 35.3 Å². The number of aromatic amines is 1. The molecule has 0 saturated heterocycles. The van der Waals surface area contributed by atoms with E-state index < -0.39 is 12.1 Å². The van der Waals surface area contributed by atoms with Crippen molar-refractivity contribution in [2.24, 2.45) is 11.8 Å². The van der Waals surface area contributed by atoms with Gasteiger partial charge in [-0.25, -0.2) is 0 Å². The van der Waals surface area contributed by atoms with Crippen molar-refractivity contribution in [1.82, 2.24) is 4.98 Å². The molecule has 3 aromatic carbocycles. The fourth-order valence-electron chi connectivity index (χ4n) is 9.09. The lowest BCUT2D eigenvalue weighted by Gasteiger charge is -2.35. The number of Topliss-reactive ketones (excluding diaryl/α,β-unsaturated/α-hetero) is 1. The van der Waals surface area contributed by atoms with Gasteiger partial charge in [0.05, 0.1) is 19.4 Å². The number of aliphatic hydroxyl groups excluding tert-OH is 1. The highest BCUT2D eigenvalue weighted by Gasteiger charge is 2.40. The standard InChI is InChI=1S/C43H49NO8/c1-25(46)52-29(16-14-26-15-17-38(48)39(20-26)51-19-18-45)22-28(47)23-34-30-9-4-3-8-27(30)21-36-41-33(43(49)40(50-2)24-35(34)41)12-7-11-32-31-10-5-6-13-37(31)44-42(32)36/h5-6,10,13,15,17,20-21,24,27,29-30,34,44-45,48-49H,3-4,7-9,11-12,14,16,18-19,22-23H2,1-2H3. The number of nitrogens with one attached hydrogen (secondary N) is 1. The van der Waals surface area contributed by atoms with Gasteiger partial charge in [0.1, 0.15) is 18.5 Å². The second-order valence-corrected chi connectivity index (χ2v) is 14.6. The van der Waals surface area contributed by atoms with Gasteiger partial charge >= 0.3 is 5.97 Å². The summed E-state index contributed by atoms with van der Waals surface area (Å²) in [7, 11) is 1.59. The van der Waals surface area contributed by atoms with Crippen molar-refractivity contribution < 1.29 is 39.1 Å². The second kappa shape index (κ2) is 15.5. The highest BCUT2D eigenvalue weighted by molar-refractivity contribution is 5.95. The number of rotatable bonds is 12. The zero-order chi connectivity index (χ0) is 36.4. The van der Waals surface area contributed by atoms with Gasteiger partial charge in [0.15, 0.2) is 23.0 Å². The lowest BCUT2D eigenvalue weighted by molar-refractivity contribution is -0.147. The molecule has 9 nitrogen and oxygen atoms in total. The summed E-state index contributed by atoms with van der Waals surface area (Å²) < 4.78 is 17.0. The third-order valence-corrected chi connectivity index (χ3v) is 11.4. The molecule has 0 amide bonds. The molecule has 0 radical (unpaired) electrons. The minimum absolute atomic E-state index is 0.0221. The maximum absolute atomic E-state index is 14.3. The van der Waals surface area contributed by atoms with Crippen molar-refractivity contribution in [3.8, 4) is 23.0 Å². The summed E-state index contributed by atoms with van der Waals surface area (Å²) in [5.74, 6) is 0.829. The van der Waals surface area contributed by atoms with E-state index >= 15 is 0 Å². The number of allylic oxidation sites excluding steroid dienone is 1. The number of phenols is 2. The van der Waals surface area contributed by atoms with Crippen molar-refractivity contribution >= 4 is 28.2 Å². The van der Waals surface area contributed by atoms with Crippen molar-refractivity contribution in [2.75, 3.05) is 20.3 Å². The van der Waals surface area contributed by atoms with Gasteiger partial charge in [0, 0.05) is 41.8 Å². The number of carbonyl (C=O) groups is 2. The molecule has 274 valence electrons. The molecule has 3 aliphatic carbocycles. The Morgan fingerprint density at radius 3 is 2.60 bits per heavy atom. The Labute approximate surface area is 304 Å². The SMILES string of the molecule is COc1cc2c3c(c1O)CCCc1c([nH]c4ccccc14)C3=CC1CCCCC1C2CC(=O)CC(CCc1ccc(O)c(OCCO)c1)OC(C)=O. The van der Waals surface area contributed by atoms with Gasteiger partial charge < -0.3 is 34.5 Å². The zero-order valence-corrected chi connectivity index (χ0v) is 30.1. The van der Waals surface area contributed by atoms with Crippen LogP contribution in [0.15, 0.2) is 54.6 Å². The number of fused-ring (bicyclic) bond motifs is 5. The number of ketones is 1. The molecule has 1 heterocycles. The van der Waals surface area contributed by atoms with Crippen molar-refractivity contribution in [3.63, 3.8) is 0 Å². The number of aromatic nitrogens is 1. The Morgan fingerprint density at radius 2 is 1.79 bits per heavy atom. The number of aryl methyl sites for hydroxylation is 2. The van der Waals surface area contributed by atoms with E-state index in [4.69, 9.17) is 19.3 Å². The summed E-state index contributed by atoms with van der Waals surface area (Å²) in [6, 6.07) is 15.5. The van der Waals surface area contributed by atoms with Crippen LogP contribution in [0.3, 0.4) is 0 Å². The van der Waals surface area contributed by atoms with Crippen LogP contribution in [0.2, 0.25) is 0 Å². The number of carbonyl (C=O) groups excluding carboxylic acids is 2. The van der Waals surface area contributed by atoms with E-state index in [1.807, 2.05) is 6.07 Å². The number of benzene rings is 3. The molecule has 7 rings (SSSR count). The lowest BCUT2D eigenvalue weighted by atomic mass is 9.69. The van der Waals surface area contributed by atoms with Crippen LogP contribution in [0.4, 0.5) is 0 Å². The van der Waals surface area contributed by atoms with Gasteiger partial charge in [-0.1, -0.05) is 43.2 Å². The van der Waals surface area contributed by atoms with Crippen molar-refractivity contribution in [3.05, 3.63) is 88.1 Å². The predicted molar refractivity (Wildman–Crippen MR) is 199 cm³/mol. The van der Waals surface area contributed by atoms with Crippen LogP contribution in [-0.4, -0.2) is 58.5 Å². The molecule has 0 spiro atoms. The average Bonchev–Trinajstić information content (AvgIpc) is 3.43. The van der Waals surface area contributed by atoms with Crippen LogP contribution in [0, 0.1) is 11.8 Å². The molecule has 4 aromatic rings. The lowest BCUT2D eigenvalue weighted by Crippen LogP contribution is -2.28. The number of aromatic hydroxyl groups is 2. The molecule has 52 heavy (non-hydrogen) atoms. The molecule has 9 heteroatoms. The average molecular weight is 708 g/mol. The number of esters is 1. The number of ether oxygens (including phenoxy) is 3. The first-order chi connectivity index (χ1) is 25.2. The van der Waals surface area contributed by atoms with E-state index in [0.717, 1.165) is 77.6 Å². The molecule has 1 saturated carbocycles. The van der Waals surface area contributed by atoms with Crippen molar-refractivity contribution in [1.29, 1.82) is 0 Å². The summed E-state index contributed by atoms with van der Waals surface area (Å²) >= 11 is 0. The fourth-order valence-corrected chi connectivity index (χ4v) is 9.09. The third kappa shape index (κ3) is 7.16. The minimum atomic E-state index is -0.619. The molecule has 4 atom stereocenters. The molecule has 0 bridgehead atoms. The Hall–Kier alpha value is -4.76. The van der Waals surface area contributed by atoms with Gasteiger partial charge in [0.2, 0.25) is 0 Å². The first-order valence-electron chi connectivity index (χ1n) is 18.7. The number of hydrogen-bond donors (Lipinski definition) is 4. The number of methoxy groups -OCH3 is 1. The normalized spacial score (nSPS) is 19.9. The number of para-hydroxylation sites is 1. The molecule has 0 aliphatic heterocycles. The van der Waals surface area contributed by atoms with E-state index in [1.54, 1.807) is 25.3 Å². The molecular weight excluding hydrogens is 658 g/mol. The predicted octanol–water partition coefficient (Wildman–Crippen LogP) is 7.70. The van der Waals surface area contributed by atoms with Crippen LogP contribution in [-0.2, 0) is 33.6 Å². The summed E-state index contributed by atoms with van der Waals surface area (Å²) in [6.07, 6.45) is 9.82. The van der Waals surface area contributed by atoms with E-state index in [0.29, 0.717) is 31.4 Å². The van der Waals surface area contributed by atoms with Crippen LogP contribution in [0.25, 0.3) is 16.5 Å². The Morgan fingerprint density at radius 1 is 0.981 bits per heavy atom. The monoisotopic (exact) mass is 707 g/mol. The van der Waals surface area contributed by atoms with Crippen LogP contribution >= 0.6 is 0 Å². The Kier molecular flexibility index (Phi) is 10.6. The van der Waals surface area contributed by atoms with E-state index in [1.165, 1.54) is 17.9 Å². The number of hydrogen-bond acceptors (Lipinski definition) is 8. The maximum atomic E-state index is 14.3. The molecule has 4 unspecified atom stereocenters. The first kappa shape index (κ1) is 35.6. The summed E-state index contributed by atoms with van der Waals surface area (Å²) in [6.45, 7) is 1.24.